The lowest BCUT2D eigenvalue weighted by Gasteiger charge is -1.95. The summed E-state index contributed by atoms with van der Waals surface area (Å²) in [5, 5.41) is 3.79. The van der Waals surface area contributed by atoms with Crippen LogP contribution < -0.4 is 0 Å². The van der Waals surface area contributed by atoms with E-state index in [-0.39, 0.29) is 7.43 Å². The summed E-state index contributed by atoms with van der Waals surface area (Å²) in [4.78, 5) is 10.6. The molecule has 0 fully saturated rings. The Hall–Kier alpha value is -3.85. The number of para-hydroxylation sites is 1. The predicted molar refractivity (Wildman–Crippen MR) is 139 cm³/mol. The minimum Gasteiger partial charge on any atom is -0.361 e. The smallest absolute Gasteiger partial charge is 0.0702 e. The number of pyridine rings is 1. The number of H-pyrrole nitrogens is 2. The average molecular weight is 422 g/mol. The number of hydrogen-bond acceptors (Lipinski definition) is 1. The van der Waals surface area contributed by atoms with Crippen LogP contribution in [0.2, 0.25) is 0 Å². The van der Waals surface area contributed by atoms with Crippen molar-refractivity contribution in [2.75, 3.05) is 0 Å². The molecule has 32 heavy (non-hydrogen) atoms. The van der Waals surface area contributed by atoms with E-state index in [4.69, 9.17) is 0 Å². The first kappa shape index (κ1) is 22.8. The minimum absolute atomic E-state index is 0. The number of benzene rings is 3. The van der Waals surface area contributed by atoms with Crippen molar-refractivity contribution >= 4 is 32.7 Å². The van der Waals surface area contributed by atoms with E-state index in [2.05, 4.69) is 96.4 Å². The Morgan fingerprint density at radius 3 is 2.06 bits per heavy atom. The van der Waals surface area contributed by atoms with Crippen LogP contribution in [0.25, 0.3) is 32.7 Å². The molecule has 3 heteroatoms. The third kappa shape index (κ3) is 5.64. The first-order chi connectivity index (χ1) is 15.1. The van der Waals surface area contributed by atoms with Crippen molar-refractivity contribution in [3.8, 4) is 0 Å². The number of aromatic amines is 2. The molecule has 3 aromatic heterocycles. The lowest BCUT2D eigenvalue weighted by atomic mass is 10.2. The molecular weight excluding hydrogens is 390 g/mol. The molecule has 0 saturated carbocycles. The monoisotopic (exact) mass is 421 g/mol. The number of aromatic nitrogens is 3. The molecule has 0 saturated heterocycles. The van der Waals surface area contributed by atoms with Gasteiger partial charge in [-0.2, -0.15) is 0 Å². The quantitative estimate of drug-likeness (QED) is 0.255. The summed E-state index contributed by atoms with van der Waals surface area (Å²) in [7, 11) is 0. The molecule has 0 radical (unpaired) electrons. The molecule has 0 aliphatic rings. The lowest BCUT2D eigenvalue weighted by molar-refractivity contribution is 1.33. The summed E-state index contributed by atoms with van der Waals surface area (Å²) in [5.41, 5.74) is 7.33. The molecule has 6 rings (SSSR count). The molecule has 3 aromatic carbocycles. The summed E-state index contributed by atoms with van der Waals surface area (Å²) >= 11 is 0. The highest BCUT2D eigenvalue weighted by Crippen LogP contribution is 2.14. The molecule has 0 amide bonds. The number of fused-ring (bicyclic) bond motifs is 3. The molecule has 3 heterocycles. The van der Waals surface area contributed by atoms with Crippen LogP contribution in [-0.2, 0) is 0 Å². The normalized spacial score (nSPS) is 10.1. The van der Waals surface area contributed by atoms with Crippen molar-refractivity contribution in [3.05, 3.63) is 114 Å². The lowest BCUT2D eigenvalue weighted by Crippen LogP contribution is -1.78. The molecule has 3 nitrogen and oxygen atoms in total. The maximum atomic E-state index is 4.28. The summed E-state index contributed by atoms with van der Waals surface area (Å²) in [6.07, 6.45) is 5.82. The molecule has 6 aromatic rings. The molecule has 162 valence electrons. The van der Waals surface area contributed by atoms with Gasteiger partial charge < -0.3 is 9.97 Å². The van der Waals surface area contributed by atoms with Crippen LogP contribution in [0.1, 0.15) is 24.1 Å². The highest BCUT2D eigenvalue weighted by atomic mass is 14.7. The Labute approximate surface area is 190 Å². The van der Waals surface area contributed by atoms with Crippen LogP contribution in [0.15, 0.2) is 97.5 Å². The van der Waals surface area contributed by atoms with Crippen molar-refractivity contribution in [2.24, 2.45) is 0 Å². The summed E-state index contributed by atoms with van der Waals surface area (Å²) in [6.45, 7) is 6.26. The van der Waals surface area contributed by atoms with Crippen molar-refractivity contribution in [1.82, 2.24) is 15.0 Å². The number of hydrogen-bond donors (Lipinski definition) is 2. The first-order valence-corrected chi connectivity index (χ1v) is 10.5. The fraction of sp³-hybridized carbons (Fsp3) is 0.138. The fourth-order valence-corrected chi connectivity index (χ4v) is 3.52. The zero-order chi connectivity index (χ0) is 21.6. The van der Waals surface area contributed by atoms with E-state index in [0.29, 0.717) is 0 Å². The second-order valence-electron chi connectivity index (χ2n) is 7.84. The summed E-state index contributed by atoms with van der Waals surface area (Å²) in [6, 6.07) is 27.2. The average Bonchev–Trinajstić information content (AvgIpc) is 3.43. The molecule has 0 unspecified atom stereocenters. The molecule has 0 aliphatic heterocycles. The standard InChI is InChI=1S/C10H9N.2C9H9N.CH4/c1-8-6-9-4-2-3-5-10(9)11-7-8;1-7-2-3-9-8(6-7)4-5-10-9;1-7-2-3-8-4-5-10-9(8)6-7;/h2-7H,1H3;2*2-6,10H,1H3;1H4. The second-order valence-corrected chi connectivity index (χ2v) is 7.84. The van der Waals surface area contributed by atoms with Crippen LogP contribution in [0, 0.1) is 20.8 Å². The van der Waals surface area contributed by atoms with E-state index >= 15 is 0 Å². The van der Waals surface area contributed by atoms with Gasteiger partial charge >= 0.3 is 0 Å². The Balaban J connectivity index is 0.000000134. The van der Waals surface area contributed by atoms with Crippen LogP contribution in [0.3, 0.4) is 0 Å². The van der Waals surface area contributed by atoms with Gasteiger partial charge in [0.15, 0.2) is 0 Å². The van der Waals surface area contributed by atoms with E-state index in [1.54, 1.807) is 0 Å². The maximum Gasteiger partial charge on any atom is 0.0702 e. The van der Waals surface area contributed by atoms with Crippen molar-refractivity contribution in [2.45, 2.75) is 28.2 Å². The summed E-state index contributed by atoms with van der Waals surface area (Å²) < 4.78 is 0. The second kappa shape index (κ2) is 10.5. The molecule has 0 atom stereocenters. The van der Waals surface area contributed by atoms with Crippen molar-refractivity contribution < 1.29 is 0 Å². The number of nitrogens with zero attached hydrogens (tertiary/aromatic N) is 1. The largest absolute Gasteiger partial charge is 0.361 e. The van der Waals surface area contributed by atoms with Crippen molar-refractivity contribution in [1.29, 1.82) is 0 Å². The van der Waals surface area contributed by atoms with Gasteiger partial charge in [0.05, 0.1) is 5.52 Å². The van der Waals surface area contributed by atoms with E-state index in [1.165, 1.54) is 43.9 Å². The third-order valence-corrected chi connectivity index (χ3v) is 5.15. The predicted octanol–water partition coefficient (Wildman–Crippen LogP) is 8.13. The van der Waals surface area contributed by atoms with Gasteiger partial charge in [0.2, 0.25) is 0 Å². The van der Waals surface area contributed by atoms with Gasteiger partial charge in [0, 0.05) is 35.0 Å². The number of rotatable bonds is 0. The van der Waals surface area contributed by atoms with Crippen molar-refractivity contribution in [3.63, 3.8) is 0 Å². The SMILES string of the molecule is C.Cc1ccc2[nH]ccc2c1.Cc1ccc2cc[nH]c2c1.Cc1cnc2ccccc2c1. The zero-order valence-corrected chi connectivity index (χ0v) is 18.2. The number of aryl methyl sites for hydroxylation is 3. The molecule has 0 spiro atoms. The van der Waals surface area contributed by atoms with E-state index < -0.39 is 0 Å². The Bertz CT molecular complexity index is 1350. The molecule has 2 N–H and O–H groups in total. The Morgan fingerprint density at radius 2 is 1.22 bits per heavy atom. The maximum absolute atomic E-state index is 4.28. The van der Waals surface area contributed by atoms with E-state index in [9.17, 15) is 0 Å². The highest BCUT2D eigenvalue weighted by Gasteiger charge is 1.92. The zero-order valence-electron chi connectivity index (χ0n) is 18.2. The fourth-order valence-electron chi connectivity index (χ4n) is 3.52. The van der Waals surface area contributed by atoms with Crippen LogP contribution in [0.4, 0.5) is 0 Å². The van der Waals surface area contributed by atoms with Crippen LogP contribution in [-0.4, -0.2) is 15.0 Å². The number of nitrogens with one attached hydrogen (secondary N) is 2. The molecule has 0 aliphatic carbocycles. The molecule has 0 bridgehead atoms. The van der Waals surface area contributed by atoms with Crippen LogP contribution in [0.5, 0.6) is 0 Å². The Morgan fingerprint density at radius 1 is 0.562 bits per heavy atom. The van der Waals surface area contributed by atoms with Gasteiger partial charge in [-0.1, -0.05) is 49.4 Å². The van der Waals surface area contributed by atoms with Crippen LogP contribution >= 0.6 is 0 Å². The van der Waals surface area contributed by atoms with E-state index in [1.807, 2.05) is 36.8 Å². The minimum atomic E-state index is 0. The van der Waals surface area contributed by atoms with Gasteiger partial charge in [-0.05, 0) is 85.1 Å². The highest BCUT2D eigenvalue weighted by molar-refractivity contribution is 5.80. The topological polar surface area (TPSA) is 44.5 Å². The Kier molecular flexibility index (Phi) is 7.45. The van der Waals surface area contributed by atoms with Gasteiger partial charge in [-0.25, -0.2) is 0 Å². The molecular formula is C29H31N3. The van der Waals surface area contributed by atoms with E-state index in [0.717, 1.165) is 5.52 Å². The van der Waals surface area contributed by atoms with Gasteiger partial charge in [-0.15, -0.1) is 0 Å². The summed E-state index contributed by atoms with van der Waals surface area (Å²) in [5.74, 6) is 0. The van der Waals surface area contributed by atoms with Gasteiger partial charge in [0.1, 0.15) is 0 Å². The third-order valence-electron chi connectivity index (χ3n) is 5.15. The first-order valence-electron chi connectivity index (χ1n) is 10.5. The van der Waals surface area contributed by atoms with Gasteiger partial charge in [-0.3, -0.25) is 4.98 Å². The van der Waals surface area contributed by atoms with Gasteiger partial charge in [0.25, 0.3) is 0 Å².